The monoisotopic (exact) mass is 281 g/mol. The van der Waals surface area contributed by atoms with Crippen LogP contribution in [0.5, 0.6) is 0 Å². The fourth-order valence-corrected chi connectivity index (χ4v) is 2.09. The summed E-state index contributed by atoms with van der Waals surface area (Å²) in [6.07, 6.45) is 1.85. The molecular weight excluding hydrogens is 262 g/mol. The van der Waals surface area contributed by atoms with Crippen LogP contribution in [0.2, 0.25) is 0 Å². The molecule has 108 valence electrons. The predicted octanol–water partition coefficient (Wildman–Crippen LogP) is 1.83. The lowest BCUT2D eigenvalue weighted by Gasteiger charge is -2.15. The van der Waals surface area contributed by atoms with Crippen LogP contribution in [0.4, 0.5) is 0 Å². The van der Waals surface area contributed by atoms with Gasteiger partial charge in [0.25, 0.3) is 5.91 Å². The standard InChI is InChI=1S/C17H19N3O/c1-13(19-17(21)16-9-5-11-20(16)2)15-8-3-6-14(12-15)7-4-10-18/h3,5-6,8-9,11-13H,10,18H2,1-2H3,(H,19,21). The summed E-state index contributed by atoms with van der Waals surface area (Å²) in [7, 11) is 1.85. The molecule has 1 amide bonds. The first kappa shape index (κ1) is 14.9. The molecule has 0 aliphatic carbocycles. The summed E-state index contributed by atoms with van der Waals surface area (Å²) >= 11 is 0. The Labute approximate surface area is 125 Å². The average Bonchev–Trinajstić information content (AvgIpc) is 2.91. The molecule has 4 nitrogen and oxygen atoms in total. The highest BCUT2D eigenvalue weighted by Gasteiger charge is 2.13. The van der Waals surface area contributed by atoms with Gasteiger partial charge in [-0.15, -0.1) is 0 Å². The molecule has 1 unspecified atom stereocenters. The number of nitrogens with zero attached hydrogens (tertiary/aromatic N) is 1. The molecule has 1 aromatic carbocycles. The maximum atomic E-state index is 12.2. The van der Waals surface area contributed by atoms with Gasteiger partial charge in [-0.2, -0.15) is 0 Å². The van der Waals surface area contributed by atoms with Crippen molar-refractivity contribution in [2.75, 3.05) is 6.54 Å². The molecule has 0 fully saturated rings. The van der Waals surface area contributed by atoms with Gasteiger partial charge < -0.3 is 15.6 Å². The van der Waals surface area contributed by atoms with Crippen LogP contribution in [-0.2, 0) is 7.05 Å². The van der Waals surface area contributed by atoms with Crippen molar-refractivity contribution in [1.82, 2.24) is 9.88 Å². The zero-order valence-electron chi connectivity index (χ0n) is 12.3. The first-order valence-electron chi connectivity index (χ1n) is 6.83. The number of nitrogens with two attached hydrogens (primary N) is 1. The van der Waals surface area contributed by atoms with Crippen LogP contribution >= 0.6 is 0 Å². The van der Waals surface area contributed by atoms with Crippen molar-refractivity contribution in [3.8, 4) is 11.8 Å². The van der Waals surface area contributed by atoms with Crippen LogP contribution in [0.25, 0.3) is 0 Å². The Balaban J connectivity index is 2.11. The van der Waals surface area contributed by atoms with Gasteiger partial charge in [-0.3, -0.25) is 4.79 Å². The van der Waals surface area contributed by atoms with Crippen molar-refractivity contribution in [3.05, 3.63) is 59.4 Å². The van der Waals surface area contributed by atoms with E-state index in [-0.39, 0.29) is 11.9 Å². The van der Waals surface area contributed by atoms with E-state index in [1.54, 1.807) is 10.6 Å². The number of hydrogen-bond acceptors (Lipinski definition) is 2. The summed E-state index contributed by atoms with van der Waals surface area (Å²) in [6.45, 7) is 2.29. The highest BCUT2D eigenvalue weighted by molar-refractivity contribution is 5.92. The maximum Gasteiger partial charge on any atom is 0.268 e. The SMILES string of the molecule is CC(NC(=O)c1cccn1C)c1cccc(C#CCN)c1. The molecule has 3 N–H and O–H groups in total. The molecular formula is C17H19N3O. The van der Waals surface area contributed by atoms with Crippen LogP contribution in [0, 0.1) is 11.8 Å². The second-order valence-electron chi connectivity index (χ2n) is 4.83. The van der Waals surface area contributed by atoms with E-state index in [0.29, 0.717) is 12.2 Å². The Morgan fingerprint density at radius 3 is 2.86 bits per heavy atom. The van der Waals surface area contributed by atoms with Gasteiger partial charge in [0.05, 0.1) is 12.6 Å². The molecule has 2 rings (SSSR count). The largest absolute Gasteiger partial charge is 0.347 e. The van der Waals surface area contributed by atoms with Crippen molar-refractivity contribution in [3.63, 3.8) is 0 Å². The van der Waals surface area contributed by atoms with E-state index in [4.69, 9.17) is 5.73 Å². The quantitative estimate of drug-likeness (QED) is 0.843. The number of aromatic nitrogens is 1. The van der Waals surface area contributed by atoms with Crippen LogP contribution in [-0.4, -0.2) is 17.0 Å². The Morgan fingerprint density at radius 1 is 1.38 bits per heavy atom. The van der Waals surface area contributed by atoms with Crippen molar-refractivity contribution in [1.29, 1.82) is 0 Å². The molecule has 1 heterocycles. The summed E-state index contributed by atoms with van der Waals surface area (Å²) in [5, 5.41) is 2.99. The summed E-state index contributed by atoms with van der Waals surface area (Å²) in [4.78, 5) is 12.2. The minimum atomic E-state index is -0.0907. The van der Waals surface area contributed by atoms with Crippen LogP contribution in [0.1, 0.15) is 34.6 Å². The third-order valence-corrected chi connectivity index (χ3v) is 3.25. The molecule has 4 heteroatoms. The van der Waals surface area contributed by atoms with Gasteiger partial charge in [-0.1, -0.05) is 24.0 Å². The lowest BCUT2D eigenvalue weighted by molar-refractivity contribution is 0.0931. The van der Waals surface area contributed by atoms with Gasteiger partial charge in [0.15, 0.2) is 0 Å². The maximum absolute atomic E-state index is 12.2. The Bertz CT molecular complexity index is 691. The number of amides is 1. The summed E-state index contributed by atoms with van der Waals surface area (Å²) in [5.74, 6) is 5.74. The third kappa shape index (κ3) is 3.74. The normalized spacial score (nSPS) is 11.4. The van der Waals surface area contributed by atoms with Crippen LogP contribution < -0.4 is 11.1 Å². The van der Waals surface area contributed by atoms with E-state index in [0.717, 1.165) is 11.1 Å². The first-order chi connectivity index (χ1) is 10.1. The third-order valence-electron chi connectivity index (χ3n) is 3.25. The van der Waals surface area contributed by atoms with Gasteiger partial charge in [0, 0.05) is 18.8 Å². The Kier molecular flexibility index (Phi) is 4.81. The molecule has 1 aromatic heterocycles. The summed E-state index contributed by atoms with van der Waals surface area (Å²) in [6, 6.07) is 11.4. The topological polar surface area (TPSA) is 60.0 Å². The highest BCUT2D eigenvalue weighted by Crippen LogP contribution is 2.14. The lowest BCUT2D eigenvalue weighted by atomic mass is 10.1. The van der Waals surface area contributed by atoms with Crippen molar-refractivity contribution in [2.45, 2.75) is 13.0 Å². The molecule has 21 heavy (non-hydrogen) atoms. The van der Waals surface area contributed by atoms with E-state index in [9.17, 15) is 4.79 Å². The minimum absolute atomic E-state index is 0.0894. The lowest BCUT2D eigenvalue weighted by Crippen LogP contribution is -2.28. The van der Waals surface area contributed by atoms with E-state index >= 15 is 0 Å². The zero-order valence-corrected chi connectivity index (χ0v) is 12.3. The number of hydrogen-bond donors (Lipinski definition) is 2. The van der Waals surface area contributed by atoms with Gasteiger partial charge in [0.1, 0.15) is 5.69 Å². The second kappa shape index (κ2) is 6.78. The van der Waals surface area contributed by atoms with Gasteiger partial charge in [-0.05, 0) is 36.8 Å². The highest BCUT2D eigenvalue weighted by atomic mass is 16.2. The number of rotatable bonds is 3. The van der Waals surface area contributed by atoms with Gasteiger partial charge in [-0.25, -0.2) is 0 Å². The summed E-state index contributed by atoms with van der Waals surface area (Å²) in [5.41, 5.74) is 7.93. The smallest absolute Gasteiger partial charge is 0.268 e. The number of carbonyl (C=O) groups excluding carboxylic acids is 1. The second-order valence-corrected chi connectivity index (χ2v) is 4.83. The number of benzene rings is 1. The van der Waals surface area contributed by atoms with Crippen LogP contribution in [0.3, 0.4) is 0 Å². The van der Waals surface area contributed by atoms with E-state index in [1.807, 2.05) is 50.5 Å². The molecule has 0 saturated carbocycles. The molecule has 0 aliphatic rings. The molecule has 0 saturated heterocycles. The fourth-order valence-electron chi connectivity index (χ4n) is 2.09. The van der Waals surface area contributed by atoms with Crippen molar-refractivity contribution < 1.29 is 4.79 Å². The number of aryl methyl sites for hydroxylation is 1. The van der Waals surface area contributed by atoms with E-state index in [1.165, 1.54) is 0 Å². The van der Waals surface area contributed by atoms with Crippen molar-refractivity contribution in [2.24, 2.45) is 12.8 Å². The zero-order chi connectivity index (χ0) is 15.2. The molecule has 0 radical (unpaired) electrons. The molecule has 1 atom stereocenters. The Morgan fingerprint density at radius 2 is 2.19 bits per heavy atom. The van der Waals surface area contributed by atoms with Gasteiger partial charge >= 0.3 is 0 Å². The molecule has 0 aliphatic heterocycles. The Hall–Kier alpha value is -2.51. The van der Waals surface area contributed by atoms with E-state index in [2.05, 4.69) is 17.2 Å². The number of carbonyl (C=O) groups is 1. The fraction of sp³-hybridized carbons (Fsp3) is 0.235. The van der Waals surface area contributed by atoms with Crippen LogP contribution in [0.15, 0.2) is 42.6 Å². The number of nitrogens with one attached hydrogen (secondary N) is 1. The van der Waals surface area contributed by atoms with E-state index < -0.39 is 0 Å². The first-order valence-corrected chi connectivity index (χ1v) is 6.83. The molecule has 2 aromatic rings. The average molecular weight is 281 g/mol. The molecule has 0 bridgehead atoms. The van der Waals surface area contributed by atoms with Gasteiger partial charge in [0.2, 0.25) is 0 Å². The predicted molar refractivity (Wildman–Crippen MR) is 83.7 cm³/mol. The molecule has 0 spiro atoms. The van der Waals surface area contributed by atoms with Crippen molar-refractivity contribution >= 4 is 5.91 Å². The summed E-state index contributed by atoms with van der Waals surface area (Å²) < 4.78 is 1.80. The minimum Gasteiger partial charge on any atom is -0.347 e.